The second-order valence-electron chi connectivity index (χ2n) is 13.1. The Labute approximate surface area is 216 Å². The minimum absolute atomic E-state index is 0.196. The van der Waals surface area contributed by atoms with E-state index in [1.807, 2.05) is 27.0 Å². The SMILES string of the molecule is CC(C)C[C@H](NC(=O)OC(C)(C)C)[C@@]1(Cc2nccc3c2CCC2(CCCC2)C3)OC(C)(C)OC1=O. The van der Waals surface area contributed by atoms with Crippen molar-refractivity contribution in [1.29, 1.82) is 0 Å². The second-order valence-corrected chi connectivity index (χ2v) is 13.1. The lowest BCUT2D eigenvalue weighted by atomic mass is 9.69. The molecule has 1 aromatic heterocycles. The van der Waals surface area contributed by atoms with Crippen LogP contribution in [0.4, 0.5) is 4.79 Å². The number of rotatable bonds is 6. The highest BCUT2D eigenvalue weighted by Gasteiger charge is 2.59. The first-order chi connectivity index (χ1) is 16.7. The Balaban J connectivity index is 1.70. The Hall–Kier alpha value is -2.15. The fraction of sp³-hybridized carbons (Fsp3) is 0.759. The summed E-state index contributed by atoms with van der Waals surface area (Å²) in [6.45, 7) is 13.1. The highest BCUT2D eigenvalue weighted by molar-refractivity contribution is 5.84. The number of hydrogen-bond acceptors (Lipinski definition) is 6. The number of hydrogen-bond donors (Lipinski definition) is 1. The maximum atomic E-state index is 13.6. The number of nitrogens with one attached hydrogen (secondary N) is 1. The Morgan fingerprint density at radius 3 is 2.47 bits per heavy atom. The van der Waals surface area contributed by atoms with E-state index in [2.05, 4.69) is 25.2 Å². The van der Waals surface area contributed by atoms with Crippen LogP contribution in [-0.2, 0) is 38.3 Å². The van der Waals surface area contributed by atoms with Crippen molar-refractivity contribution in [2.24, 2.45) is 11.3 Å². The summed E-state index contributed by atoms with van der Waals surface area (Å²) in [5.41, 5.74) is 1.81. The summed E-state index contributed by atoms with van der Waals surface area (Å²) in [6, 6.07) is 1.51. The van der Waals surface area contributed by atoms with E-state index in [0.717, 1.165) is 25.0 Å². The van der Waals surface area contributed by atoms with Gasteiger partial charge in [0.05, 0.1) is 6.04 Å². The first-order valence-corrected chi connectivity index (χ1v) is 13.6. The molecule has 3 aliphatic rings. The molecule has 1 spiro atoms. The summed E-state index contributed by atoms with van der Waals surface area (Å²) in [5, 5.41) is 2.98. The van der Waals surface area contributed by atoms with Crippen molar-refractivity contribution in [1.82, 2.24) is 10.3 Å². The minimum Gasteiger partial charge on any atom is -0.444 e. The Kier molecular flexibility index (Phi) is 7.19. The summed E-state index contributed by atoms with van der Waals surface area (Å²) in [7, 11) is 0. The van der Waals surface area contributed by atoms with E-state index in [-0.39, 0.29) is 12.3 Å². The van der Waals surface area contributed by atoms with Crippen LogP contribution in [0.25, 0.3) is 0 Å². The van der Waals surface area contributed by atoms with Gasteiger partial charge in [0.2, 0.25) is 5.79 Å². The van der Waals surface area contributed by atoms with Crippen molar-refractivity contribution in [3.63, 3.8) is 0 Å². The predicted octanol–water partition coefficient (Wildman–Crippen LogP) is 5.66. The Morgan fingerprint density at radius 2 is 1.89 bits per heavy atom. The van der Waals surface area contributed by atoms with Crippen molar-refractivity contribution in [3.8, 4) is 0 Å². The van der Waals surface area contributed by atoms with Crippen LogP contribution >= 0.6 is 0 Å². The fourth-order valence-corrected chi connectivity index (χ4v) is 6.43. The molecule has 0 unspecified atom stereocenters. The van der Waals surface area contributed by atoms with Crippen LogP contribution in [0.15, 0.2) is 12.3 Å². The quantitative estimate of drug-likeness (QED) is 0.507. The maximum Gasteiger partial charge on any atom is 0.407 e. The van der Waals surface area contributed by atoms with Gasteiger partial charge in [0.25, 0.3) is 0 Å². The van der Waals surface area contributed by atoms with Crippen LogP contribution in [0.1, 0.15) is 104 Å². The number of nitrogens with zero attached hydrogens (tertiary/aromatic N) is 1. The molecule has 36 heavy (non-hydrogen) atoms. The third kappa shape index (κ3) is 5.71. The zero-order chi connectivity index (χ0) is 26.4. The second kappa shape index (κ2) is 9.62. The van der Waals surface area contributed by atoms with E-state index in [1.165, 1.54) is 36.8 Å². The van der Waals surface area contributed by atoms with Gasteiger partial charge in [-0.3, -0.25) is 4.98 Å². The summed E-state index contributed by atoms with van der Waals surface area (Å²) < 4.78 is 17.7. The van der Waals surface area contributed by atoms with Crippen LogP contribution in [0.5, 0.6) is 0 Å². The van der Waals surface area contributed by atoms with Gasteiger partial charge in [-0.1, -0.05) is 26.7 Å². The van der Waals surface area contributed by atoms with Gasteiger partial charge in [0.1, 0.15) is 5.60 Å². The predicted molar refractivity (Wildman–Crippen MR) is 137 cm³/mol. The lowest BCUT2D eigenvalue weighted by molar-refractivity contribution is -0.170. The molecule has 1 saturated carbocycles. The minimum atomic E-state index is -1.39. The molecule has 0 radical (unpaired) electrons. The Morgan fingerprint density at radius 1 is 1.19 bits per heavy atom. The van der Waals surface area contributed by atoms with Crippen molar-refractivity contribution in [2.45, 2.75) is 129 Å². The number of aromatic nitrogens is 1. The first-order valence-electron chi connectivity index (χ1n) is 13.6. The number of carbonyl (C=O) groups excluding carboxylic acids is 2. The number of carbonyl (C=O) groups is 2. The van der Waals surface area contributed by atoms with E-state index in [1.54, 1.807) is 13.8 Å². The number of alkyl carbamates (subject to hydrolysis) is 1. The van der Waals surface area contributed by atoms with Gasteiger partial charge in [-0.2, -0.15) is 0 Å². The molecule has 1 aliphatic heterocycles. The number of esters is 1. The lowest BCUT2D eigenvalue weighted by Crippen LogP contribution is -2.59. The number of fused-ring (bicyclic) bond motifs is 1. The standard InChI is InChI=1S/C29H44N2O5/c1-19(2)16-23(31-25(33)35-26(3,4)5)29(24(32)34-27(6,7)36-29)18-22-21-10-14-28(12-8-9-13-28)17-20(21)11-15-30-22/h11,15,19,23H,8-10,12-14,16-18H2,1-7H3,(H,31,33)/t23-,29+/m0/s1. The van der Waals surface area contributed by atoms with E-state index in [0.29, 0.717) is 11.8 Å². The van der Waals surface area contributed by atoms with Crippen molar-refractivity contribution < 1.29 is 23.8 Å². The van der Waals surface area contributed by atoms with Gasteiger partial charge in [-0.05, 0) is 87.8 Å². The van der Waals surface area contributed by atoms with Gasteiger partial charge in [0.15, 0.2) is 5.60 Å². The van der Waals surface area contributed by atoms with Crippen LogP contribution in [0, 0.1) is 11.3 Å². The van der Waals surface area contributed by atoms with Gasteiger partial charge < -0.3 is 19.5 Å². The molecular weight excluding hydrogens is 456 g/mol. The molecule has 1 amide bonds. The molecule has 1 N–H and O–H groups in total. The summed E-state index contributed by atoms with van der Waals surface area (Å²) >= 11 is 0. The van der Waals surface area contributed by atoms with Crippen molar-refractivity contribution >= 4 is 12.1 Å². The molecule has 200 valence electrons. The topological polar surface area (TPSA) is 86.8 Å². The van der Waals surface area contributed by atoms with Crippen LogP contribution in [0.3, 0.4) is 0 Å². The van der Waals surface area contributed by atoms with E-state index >= 15 is 0 Å². The third-order valence-electron chi connectivity index (χ3n) is 7.88. The maximum absolute atomic E-state index is 13.6. The molecule has 4 rings (SSSR count). The normalized spacial score (nSPS) is 25.5. The van der Waals surface area contributed by atoms with Gasteiger partial charge in [0, 0.05) is 32.2 Å². The lowest BCUT2D eigenvalue weighted by Gasteiger charge is -2.38. The largest absolute Gasteiger partial charge is 0.444 e. The van der Waals surface area contributed by atoms with Gasteiger partial charge >= 0.3 is 12.1 Å². The molecule has 7 heteroatoms. The average Bonchev–Trinajstić information content (AvgIpc) is 3.27. The zero-order valence-electron chi connectivity index (χ0n) is 23.2. The van der Waals surface area contributed by atoms with E-state index in [9.17, 15) is 9.59 Å². The molecule has 0 bridgehead atoms. The monoisotopic (exact) mass is 500 g/mol. The fourth-order valence-electron chi connectivity index (χ4n) is 6.43. The Bertz CT molecular complexity index is 990. The highest BCUT2D eigenvalue weighted by atomic mass is 16.8. The van der Waals surface area contributed by atoms with E-state index in [4.69, 9.17) is 19.2 Å². The molecule has 2 heterocycles. The molecule has 1 saturated heterocycles. The molecule has 0 aromatic carbocycles. The average molecular weight is 501 g/mol. The molecule has 7 nitrogen and oxygen atoms in total. The summed E-state index contributed by atoms with van der Waals surface area (Å²) in [6.07, 6.45) is 10.5. The number of pyridine rings is 1. The van der Waals surface area contributed by atoms with E-state index < -0.39 is 35.1 Å². The number of amides is 1. The smallest absolute Gasteiger partial charge is 0.407 e. The number of cyclic esters (lactones) is 1. The third-order valence-corrected chi connectivity index (χ3v) is 7.88. The summed E-state index contributed by atoms with van der Waals surface area (Å²) in [5.74, 6) is -1.37. The van der Waals surface area contributed by atoms with Gasteiger partial charge in [-0.25, -0.2) is 9.59 Å². The van der Waals surface area contributed by atoms with Crippen LogP contribution in [-0.4, -0.2) is 40.1 Å². The molecule has 2 aliphatic carbocycles. The zero-order valence-corrected chi connectivity index (χ0v) is 23.2. The number of ether oxygens (including phenoxy) is 3. The van der Waals surface area contributed by atoms with Crippen LogP contribution < -0.4 is 5.32 Å². The molecule has 2 atom stereocenters. The van der Waals surface area contributed by atoms with Crippen LogP contribution in [0.2, 0.25) is 0 Å². The molecule has 1 aromatic rings. The van der Waals surface area contributed by atoms with Crippen molar-refractivity contribution in [2.75, 3.05) is 0 Å². The summed E-state index contributed by atoms with van der Waals surface area (Å²) in [4.78, 5) is 31.3. The van der Waals surface area contributed by atoms with Gasteiger partial charge in [-0.15, -0.1) is 0 Å². The molecular formula is C29H44N2O5. The van der Waals surface area contributed by atoms with Crippen molar-refractivity contribution in [3.05, 3.63) is 29.1 Å². The first kappa shape index (κ1) is 26.9. The molecule has 2 fully saturated rings. The highest BCUT2D eigenvalue weighted by Crippen LogP contribution is 2.48.